The molecule has 1 N–H and O–H groups in total. The first-order valence-electron chi connectivity index (χ1n) is 9.27. The number of hydrogen-bond donors (Lipinski definition) is 1. The Kier molecular flexibility index (Phi) is 7.05. The third kappa shape index (κ3) is 6.46. The zero-order valence-electron chi connectivity index (χ0n) is 15.3. The minimum Gasteiger partial charge on any atom is -0.481 e. The van der Waals surface area contributed by atoms with E-state index in [-0.39, 0.29) is 11.7 Å². The number of aryl methyl sites for hydroxylation is 1. The third-order valence-corrected chi connectivity index (χ3v) is 7.71. The van der Waals surface area contributed by atoms with Crippen LogP contribution in [0.1, 0.15) is 57.1 Å². The lowest BCUT2D eigenvalue weighted by Crippen LogP contribution is -2.26. The minimum atomic E-state index is -2.93. The molecule has 1 saturated carbocycles. The Balaban J connectivity index is 1.78. The number of carboxylic acids is 1. The summed E-state index contributed by atoms with van der Waals surface area (Å²) in [6.45, 7) is 3.53. The largest absolute Gasteiger partial charge is 0.481 e. The molecular weight excluding hydrogens is 336 g/mol. The molecule has 4 nitrogen and oxygen atoms in total. The molecule has 1 aromatic rings. The topological polar surface area (TPSA) is 71.4 Å². The highest BCUT2D eigenvalue weighted by Crippen LogP contribution is 2.33. The van der Waals surface area contributed by atoms with E-state index in [1.54, 1.807) is 13.8 Å². The van der Waals surface area contributed by atoms with Gasteiger partial charge in [-0.2, -0.15) is 0 Å². The van der Waals surface area contributed by atoms with Crippen molar-refractivity contribution in [3.8, 4) is 0 Å². The van der Waals surface area contributed by atoms with Gasteiger partial charge in [-0.25, -0.2) is 8.42 Å². The summed E-state index contributed by atoms with van der Waals surface area (Å²) in [5, 5.41) is 8.61. The van der Waals surface area contributed by atoms with Crippen molar-refractivity contribution >= 4 is 15.8 Å². The fourth-order valence-electron chi connectivity index (χ4n) is 3.65. The van der Waals surface area contributed by atoms with Crippen molar-refractivity contribution in [1.82, 2.24) is 0 Å². The normalized spacial score (nSPS) is 21.4. The van der Waals surface area contributed by atoms with Crippen LogP contribution in [0.2, 0.25) is 0 Å². The number of benzene rings is 1. The second-order valence-corrected chi connectivity index (χ2v) is 10.3. The summed E-state index contributed by atoms with van der Waals surface area (Å²) in [6.07, 6.45) is 6.36. The van der Waals surface area contributed by atoms with E-state index in [0.717, 1.165) is 44.1 Å². The zero-order valence-corrected chi connectivity index (χ0v) is 16.1. The van der Waals surface area contributed by atoms with E-state index in [0.29, 0.717) is 17.6 Å². The van der Waals surface area contributed by atoms with Crippen molar-refractivity contribution < 1.29 is 18.3 Å². The molecule has 0 aliphatic heterocycles. The molecule has 140 valence electrons. The van der Waals surface area contributed by atoms with Crippen molar-refractivity contribution in [1.29, 1.82) is 0 Å². The van der Waals surface area contributed by atoms with Crippen LogP contribution in [0, 0.1) is 11.8 Å². The number of rotatable bonds is 8. The van der Waals surface area contributed by atoms with Gasteiger partial charge in [0.2, 0.25) is 0 Å². The van der Waals surface area contributed by atoms with Crippen LogP contribution >= 0.6 is 0 Å². The molecule has 0 amide bonds. The first kappa shape index (κ1) is 20.0. The Morgan fingerprint density at radius 1 is 1.12 bits per heavy atom. The quantitative estimate of drug-likeness (QED) is 0.758. The van der Waals surface area contributed by atoms with Crippen molar-refractivity contribution in [2.75, 3.05) is 5.75 Å². The van der Waals surface area contributed by atoms with Crippen LogP contribution in [0.5, 0.6) is 0 Å². The Hall–Kier alpha value is -1.36. The van der Waals surface area contributed by atoms with Crippen molar-refractivity contribution in [3.05, 3.63) is 35.4 Å². The Morgan fingerprint density at radius 3 is 2.32 bits per heavy atom. The fourth-order valence-corrected chi connectivity index (χ4v) is 5.02. The van der Waals surface area contributed by atoms with Crippen LogP contribution < -0.4 is 0 Å². The van der Waals surface area contributed by atoms with Gasteiger partial charge in [0, 0.05) is 0 Å². The van der Waals surface area contributed by atoms with Gasteiger partial charge in [-0.3, -0.25) is 4.79 Å². The maximum atomic E-state index is 12.1. The molecule has 0 heterocycles. The van der Waals surface area contributed by atoms with E-state index < -0.39 is 15.8 Å². The summed E-state index contributed by atoms with van der Waals surface area (Å²) in [5.41, 5.74) is 2.05. The summed E-state index contributed by atoms with van der Waals surface area (Å²) < 4.78 is 24.1. The van der Waals surface area contributed by atoms with Gasteiger partial charge in [-0.05, 0) is 62.5 Å². The monoisotopic (exact) mass is 366 g/mol. The standard InChI is InChI=1S/C20H30O4S/c1-15(2)25(23,24)14-18-10-7-16(8-11-18)6-9-17-4-3-5-19(12-17)13-20(21)22/h3-5,12,15-16,18H,6-11,13-14H2,1-2H3,(H,21,22). The Bertz CT molecular complexity index is 671. The molecule has 25 heavy (non-hydrogen) atoms. The second kappa shape index (κ2) is 8.84. The highest BCUT2D eigenvalue weighted by atomic mass is 32.2. The number of carbonyl (C=O) groups is 1. The average Bonchev–Trinajstić information content (AvgIpc) is 2.53. The lowest BCUT2D eigenvalue weighted by molar-refractivity contribution is -0.136. The van der Waals surface area contributed by atoms with E-state index >= 15 is 0 Å². The highest BCUT2D eigenvalue weighted by molar-refractivity contribution is 7.91. The molecule has 0 spiro atoms. The number of hydrogen-bond acceptors (Lipinski definition) is 3. The first-order valence-corrected chi connectivity index (χ1v) is 11.0. The van der Waals surface area contributed by atoms with Crippen LogP contribution in [-0.2, 0) is 27.5 Å². The summed E-state index contributed by atoms with van der Waals surface area (Å²) in [4.78, 5) is 10.8. The maximum Gasteiger partial charge on any atom is 0.307 e. The number of aliphatic carboxylic acids is 1. The summed E-state index contributed by atoms with van der Waals surface area (Å²) >= 11 is 0. The molecular formula is C20H30O4S. The van der Waals surface area contributed by atoms with Crippen LogP contribution in [0.4, 0.5) is 0 Å². The van der Waals surface area contributed by atoms with Gasteiger partial charge in [0.05, 0.1) is 17.4 Å². The Morgan fingerprint density at radius 2 is 1.72 bits per heavy atom. The van der Waals surface area contributed by atoms with E-state index in [4.69, 9.17) is 5.11 Å². The van der Waals surface area contributed by atoms with Gasteiger partial charge >= 0.3 is 5.97 Å². The van der Waals surface area contributed by atoms with Crippen LogP contribution in [0.3, 0.4) is 0 Å². The Labute approximate surface area is 151 Å². The van der Waals surface area contributed by atoms with Gasteiger partial charge in [0.25, 0.3) is 0 Å². The predicted molar refractivity (Wildman–Crippen MR) is 100 cm³/mol. The smallest absolute Gasteiger partial charge is 0.307 e. The maximum absolute atomic E-state index is 12.1. The number of sulfone groups is 1. The van der Waals surface area contributed by atoms with Gasteiger partial charge < -0.3 is 5.11 Å². The molecule has 5 heteroatoms. The summed E-state index contributed by atoms with van der Waals surface area (Å²) in [7, 11) is -2.93. The SMILES string of the molecule is CC(C)S(=O)(=O)CC1CCC(CCc2cccc(CC(=O)O)c2)CC1. The van der Waals surface area contributed by atoms with Crippen molar-refractivity contribution in [2.24, 2.45) is 11.8 Å². The van der Waals surface area contributed by atoms with Crippen molar-refractivity contribution in [2.45, 2.75) is 64.0 Å². The summed E-state index contributed by atoms with van der Waals surface area (Å²) in [6, 6.07) is 7.85. The van der Waals surface area contributed by atoms with Crippen LogP contribution in [-0.4, -0.2) is 30.5 Å². The third-order valence-electron chi connectivity index (χ3n) is 5.34. The van der Waals surface area contributed by atoms with Crippen LogP contribution in [0.15, 0.2) is 24.3 Å². The minimum absolute atomic E-state index is 0.0727. The first-order chi connectivity index (χ1) is 11.8. The lowest BCUT2D eigenvalue weighted by Gasteiger charge is -2.28. The predicted octanol–water partition coefficient (Wildman–Crippen LogP) is 3.88. The lowest BCUT2D eigenvalue weighted by atomic mass is 9.80. The fraction of sp³-hybridized carbons (Fsp3) is 0.650. The molecule has 0 bridgehead atoms. The van der Waals surface area contributed by atoms with E-state index in [1.165, 1.54) is 5.56 Å². The second-order valence-electron chi connectivity index (χ2n) is 7.69. The molecule has 1 aliphatic rings. The van der Waals surface area contributed by atoms with Gasteiger partial charge in [0.1, 0.15) is 0 Å². The number of carboxylic acid groups (broad SMARTS) is 1. The molecule has 0 radical (unpaired) electrons. The van der Waals surface area contributed by atoms with Crippen molar-refractivity contribution in [3.63, 3.8) is 0 Å². The average molecular weight is 367 g/mol. The molecule has 1 aromatic carbocycles. The van der Waals surface area contributed by atoms with Gasteiger partial charge in [-0.1, -0.05) is 37.1 Å². The molecule has 1 fully saturated rings. The highest BCUT2D eigenvalue weighted by Gasteiger charge is 2.27. The summed E-state index contributed by atoms with van der Waals surface area (Å²) in [5.74, 6) is 0.518. The van der Waals surface area contributed by atoms with Gasteiger partial charge in [0.15, 0.2) is 9.84 Å². The van der Waals surface area contributed by atoms with Gasteiger partial charge in [-0.15, -0.1) is 0 Å². The molecule has 2 rings (SSSR count). The molecule has 0 aromatic heterocycles. The van der Waals surface area contributed by atoms with E-state index in [2.05, 4.69) is 6.07 Å². The van der Waals surface area contributed by atoms with Crippen LogP contribution in [0.25, 0.3) is 0 Å². The molecule has 0 saturated heterocycles. The zero-order chi connectivity index (χ0) is 18.4. The molecule has 0 atom stereocenters. The molecule has 1 aliphatic carbocycles. The van der Waals surface area contributed by atoms with E-state index in [1.807, 2.05) is 18.2 Å². The van der Waals surface area contributed by atoms with E-state index in [9.17, 15) is 13.2 Å². The molecule has 0 unspecified atom stereocenters.